The molecule has 3 nitrogen and oxygen atoms in total. The van der Waals surface area contributed by atoms with Crippen molar-refractivity contribution in [3.05, 3.63) is 0 Å². The maximum atomic E-state index is 10.5. The summed E-state index contributed by atoms with van der Waals surface area (Å²) < 4.78 is 0. The molecule has 4 aliphatic rings. The molecule has 0 radical (unpaired) electrons. The second kappa shape index (κ2) is 4.94. The highest BCUT2D eigenvalue weighted by molar-refractivity contribution is 5.11. The zero-order valence-electron chi connectivity index (χ0n) is 14.0. The fourth-order valence-corrected chi connectivity index (χ4v) is 7.22. The van der Waals surface area contributed by atoms with Crippen LogP contribution in [0.25, 0.3) is 0 Å². The molecule has 4 rings (SSSR count). The fourth-order valence-electron chi connectivity index (χ4n) is 7.22. The van der Waals surface area contributed by atoms with Crippen molar-refractivity contribution in [2.75, 3.05) is 0 Å². The highest BCUT2D eigenvalue weighted by Crippen LogP contribution is 2.66. The fraction of sp³-hybridized carbons (Fsp3) is 1.00. The molecule has 9 atom stereocenters. The van der Waals surface area contributed by atoms with Gasteiger partial charge in [-0.2, -0.15) is 0 Å². The molecular weight excluding hydrogens is 276 g/mol. The van der Waals surface area contributed by atoms with E-state index in [0.29, 0.717) is 23.2 Å². The Morgan fingerprint density at radius 3 is 2.27 bits per heavy atom. The molecule has 0 spiro atoms. The Balaban J connectivity index is 1.63. The quantitative estimate of drug-likeness (QED) is 0.645. The summed E-state index contributed by atoms with van der Waals surface area (Å²) in [4.78, 5) is 0. The van der Waals surface area contributed by atoms with E-state index in [-0.39, 0.29) is 11.5 Å². The van der Waals surface area contributed by atoms with E-state index in [0.717, 1.165) is 38.0 Å². The number of hydrogen-bond acceptors (Lipinski definition) is 3. The second-order valence-electron chi connectivity index (χ2n) is 9.38. The van der Waals surface area contributed by atoms with Gasteiger partial charge in [0.25, 0.3) is 0 Å². The van der Waals surface area contributed by atoms with Crippen LogP contribution in [-0.2, 0) is 0 Å². The molecule has 3 unspecified atom stereocenters. The lowest BCUT2D eigenvalue weighted by Crippen LogP contribution is -2.54. The predicted octanol–water partition coefficient (Wildman–Crippen LogP) is 2.72. The third-order valence-corrected chi connectivity index (χ3v) is 8.61. The van der Waals surface area contributed by atoms with E-state index in [4.69, 9.17) is 0 Å². The van der Waals surface area contributed by atoms with E-state index in [2.05, 4.69) is 13.8 Å². The maximum absolute atomic E-state index is 10.5. The van der Waals surface area contributed by atoms with Crippen LogP contribution in [0, 0.1) is 34.5 Å². The molecule has 0 aromatic carbocycles. The summed E-state index contributed by atoms with van der Waals surface area (Å²) >= 11 is 0. The van der Waals surface area contributed by atoms with Crippen molar-refractivity contribution in [2.24, 2.45) is 34.5 Å². The Bertz CT molecular complexity index is 452. The monoisotopic (exact) mass is 308 g/mol. The summed E-state index contributed by atoms with van der Waals surface area (Å²) in [7, 11) is 0. The van der Waals surface area contributed by atoms with Gasteiger partial charge >= 0.3 is 0 Å². The summed E-state index contributed by atoms with van der Waals surface area (Å²) in [5.74, 6) is 2.57. The molecule has 0 aromatic heterocycles. The van der Waals surface area contributed by atoms with Crippen LogP contribution in [0.1, 0.15) is 65.2 Å². The lowest BCUT2D eigenvalue weighted by molar-refractivity contribution is -0.135. The molecule has 126 valence electrons. The van der Waals surface area contributed by atoms with E-state index in [9.17, 15) is 15.3 Å². The van der Waals surface area contributed by atoms with E-state index in [1.807, 2.05) is 0 Å². The SMILES string of the molecule is C[C@]12CCC3C(CC[C@H]4C[C@H](O)CC[C@]34C)C1C[C@H](O)[C@@H]2O. The van der Waals surface area contributed by atoms with Crippen LogP contribution in [0.5, 0.6) is 0 Å². The number of rotatable bonds is 0. The second-order valence-corrected chi connectivity index (χ2v) is 9.38. The lowest BCUT2D eigenvalue weighted by Gasteiger charge is -2.60. The summed E-state index contributed by atoms with van der Waals surface area (Å²) in [5, 5.41) is 30.8. The molecule has 0 aromatic rings. The van der Waals surface area contributed by atoms with Crippen LogP contribution in [-0.4, -0.2) is 33.6 Å². The Hall–Kier alpha value is -0.120. The Labute approximate surface area is 134 Å². The van der Waals surface area contributed by atoms with Gasteiger partial charge in [0.15, 0.2) is 0 Å². The lowest BCUT2D eigenvalue weighted by atomic mass is 9.45. The van der Waals surface area contributed by atoms with Crippen molar-refractivity contribution in [1.29, 1.82) is 0 Å². The molecular formula is C19H32O3. The molecule has 0 saturated heterocycles. The van der Waals surface area contributed by atoms with Crippen LogP contribution < -0.4 is 0 Å². The first kappa shape index (κ1) is 15.4. The molecule has 22 heavy (non-hydrogen) atoms. The molecule has 4 aliphatic carbocycles. The number of aliphatic hydroxyl groups excluding tert-OH is 3. The molecule has 0 amide bonds. The summed E-state index contributed by atoms with van der Waals surface area (Å²) in [6.45, 7) is 4.69. The van der Waals surface area contributed by atoms with Crippen molar-refractivity contribution in [3.63, 3.8) is 0 Å². The van der Waals surface area contributed by atoms with Crippen LogP contribution in [0.4, 0.5) is 0 Å². The van der Waals surface area contributed by atoms with E-state index in [1.54, 1.807) is 0 Å². The third-order valence-electron chi connectivity index (χ3n) is 8.61. The number of aliphatic hydroxyl groups is 3. The summed E-state index contributed by atoms with van der Waals surface area (Å²) in [6, 6.07) is 0. The summed E-state index contributed by atoms with van der Waals surface area (Å²) in [6.07, 6.45) is 7.49. The zero-order chi connectivity index (χ0) is 15.7. The van der Waals surface area contributed by atoms with Gasteiger partial charge in [-0.05, 0) is 85.9 Å². The largest absolute Gasteiger partial charge is 0.393 e. The average Bonchev–Trinajstić information content (AvgIpc) is 2.72. The number of fused-ring (bicyclic) bond motifs is 5. The highest BCUT2D eigenvalue weighted by atomic mass is 16.3. The number of hydrogen-bond donors (Lipinski definition) is 3. The Morgan fingerprint density at radius 2 is 1.50 bits per heavy atom. The molecule has 3 heteroatoms. The van der Waals surface area contributed by atoms with Gasteiger partial charge in [0.05, 0.1) is 18.3 Å². The molecule has 4 fully saturated rings. The highest BCUT2D eigenvalue weighted by Gasteiger charge is 2.61. The molecule has 0 aliphatic heterocycles. The van der Waals surface area contributed by atoms with Gasteiger partial charge in [-0.1, -0.05) is 13.8 Å². The Morgan fingerprint density at radius 1 is 0.773 bits per heavy atom. The van der Waals surface area contributed by atoms with Crippen molar-refractivity contribution in [2.45, 2.75) is 83.5 Å². The smallest absolute Gasteiger partial charge is 0.0855 e. The van der Waals surface area contributed by atoms with Crippen LogP contribution >= 0.6 is 0 Å². The standard InChI is InChI=1S/C19H32O3/c1-18-7-5-12(20)9-11(18)3-4-13-14(18)6-8-19(2)15(13)10-16(21)17(19)22/h11-17,20-22H,3-10H2,1-2H3/t11-,12+,13?,14?,15?,16-,17-,18-,19-/m0/s1. The topological polar surface area (TPSA) is 60.7 Å². The average molecular weight is 308 g/mol. The van der Waals surface area contributed by atoms with Crippen molar-refractivity contribution in [1.82, 2.24) is 0 Å². The molecule has 3 N–H and O–H groups in total. The first-order chi connectivity index (χ1) is 10.4. The van der Waals surface area contributed by atoms with Gasteiger partial charge in [-0.25, -0.2) is 0 Å². The van der Waals surface area contributed by atoms with Gasteiger partial charge in [-0.15, -0.1) is 0 Å². The predicted molar refractivity (Wildman–Crippen MR) is 85.1 cm³/mol. The Kier molecular flexibility index (Phi) is 3.46. The van der Waals surface area contributed by atoms with Crippen LogP contribution in [0.2, 0.25) is 0 Å². The van der Waals surface area contributed by atoms with Crippen LogP contribution in [0.3, 0.4) is 0 Å². The van der Waals surface area contributed by atoms with Crippen molar-refractivity contribution in [3.8, 4) is 0 Å². The molecule has 4 saturated carbocycles. The third kappa shape index (κ3) is 1.91. The van der Waals surface area contributed by atoms with E-state index < -0.39 is 12.2 Å². The van der Waals surface area contributed by atoms with Crippen LogP contribution in [0.15, 0.2) is 0 Å². The van der Waals surface area contributed by atoms with Gasteiger partial charge in [-0.3, -0.25) is 0 Å². The minimum Gasteiger partial charge on any atom is -0.393 e. The van der Waals surface area contributed by atoms with Gasteiger partial charge in [0, 0.05) is 0 Å². The van der Waals surface area contributed by atoms with Gasteiger partial charge in [0.2, 0.25) is 0 Å². The minimum atomic E-state index is -0.530. The first-order valence-corrected chi connectivity index (χ1v) is 9.40. The molecule has 0 bridgehead atoms. The van der Waals surface area contributed by atoms with Crippen molar-refractivity contribution < 1.29 is 15.3 Å². The first-order valence-electron chi connectivity index (χ1n) is 9.40. The molecule has 0 heterocycles. The normalized spacial score (nSPS) is 61.2. The van der Waals surface area contributed by atoms with Crippen molar-refractivity contribution >= 4 is 0 Å². The van der Waals surface area contributed by atoms with Gasteiger partial charge < -0.3 is 15.3 Å². The summed E-state index contributed by atoms with van der Waals surface area (Å²) in [5.41, 5.74) is 0.305. The maximum Gasteiger partial charge on any atom is 0.0855 e. The van der Waals surface area contributed by atoms with Gasteiger partial charge in [0.1, 0.15) is 0 Å². The van der Waals surface area contributed by atoms with E-state index >= 15 is 0 Å². The minimum absolute atomic E-state index is 0.0715. The zero-order valence-corrected chi connectivity index (χ0v) is 14.0. The van der Waals surface area contributed by atoms with E-state index in [1.165, 1.54) is 19.3 Å².